The second-order valence-electron chi connectivity index (χ2n) is 15.9. The van der Waals surface area contributed by atoms with Gasteiger partial charge in [0.05, 0.1) is 23.7 Å². The van der Waals surface area contributed by atoms with E-state index in [-0.39, 0.29) is 277 Å². The molecule has 3 aromatic rings. The summed E-state index contributed by atoms with van der Waals surface area (Å²) in [6, 6.07) is 14.7. The molecule has 1 N–H and O–H groups in total. The van der Waals surface area contributed by atoms with Crippen LogP contribution in [-0.2, 0) is 36.9 Å². The zero-order valence-electron chi connectivity index (χ0n) is 32.9. The van der Waals surface area contributed by atoms with Crippen LogP contribution < -0.4 is 4.72 Å². The number of ether oxygens (including phenoxy) is 2. The van der Waals surface area contributed by atoms with Crippen molar-refractivity contribution in [3.8, 4) is 0 Å². The van der Waals surface area contributed by atoms with Crippen LogP contribution in [0.3, 0.4) is 0 Å². The Balaban J connectivity index is -0.000000000973. The lowest BCUT2D eigenvalue weighted by molar-refractivity contribution is -0.206. The highest BCUT2D eigenvalue weighted by molar-refractivity contribution is 7.92. The summed E-state index contributed by atoms with van der Waals surface area (Å²) in [6.45, 7) is 20.9. The predicted molar refractivity (Wildman–Crippen MR) is 588 cm³/mol. The van der Waals surface area contributed by atoms with E-state index >= 15 is 0 Å². The van der Waals surface area contributed by atoms with Crippen molar-refractivity contribution in [1.29, 1.82) is 0 Å². The topological polar surface area (TPSA) is 94.6 Å². The number of methoxy groups -OCH3 is 1. The van der Waals surface area contributed by atoms with E-state index in [0.29, 0.717) is 42.0 Å². The number of halogens is 3. The largest absolute Gasteiger partial charge is 0.500 e. The van der Waals surface area contributed by atoms with Crippen molar-refractivity contribution >= 4 is 21.7 Å². The van der Waals surface area contributed by atoms with Gasteiger partial charge in [-0.05, 0) is 98.4 Å². The number of aryl methyl sites for hydroxylation is 2. The minimum atomic E-state index is -4.66. The molecule has 1 aliphatic rings. The van der Waals surface area contributed by atoms with Gasteiger partial charge < -0.3 is 9.47 Å². The SMILES string of the molecule is CCCC(C)[C@]1(C(C)Cc2ccc(C)c(C)c2)OC(=O)C([C@@H](c2cccc(NS(=O)(=O)c3ccc(C(F)(F)F)cn3)c2)C(C)(C)CC)=C(OC)C1(C)C.[HH].[HH].[HH].[HH].[HH].[HH].[HH].[HH].[HH].[HH].[HH].[HH].[HH].[HH].[HH].[HH].[HH].[HH].[HH].[HH].[HH].[HH].[HH].[HH].[HH].[HH].[HH].[HH].[HH].[HH].[HH].[HH].[HH].[HH].[HH].[HH].[HH].[HH].[HH].[HH].[HH].[HH].[HH].[HH].[HH].[HH].[HH].[HH].[HH].[HH].[HH].[HH].[HH].[HH].[HH].[HH].[HH].[HH].[HH].[HH].[HH].[HH].[HH].[HH].[HH].[HH].[HH].[HH].[HH].[HH].[HH].[HH].[HH].[HH].[HH].[HH].[HH].[HH].[HH].[HH].[HH].[HH].[HH].[HH].[HH].[HH].[HH].[HH].[HH].[HH].[HH].[HH].[HH].[HH].[HH].[HH].[HH].[HH].[HH].[HH].[HH].[HH].[HH].[HH].[HH].[HH].[HH].[HH].[HH].[HH].[HH].[HH].[HH].[HH].[HH].[HH].[HH].[HH].[HH].[HH].[HH].[HH].[HH].[HH].[HH].[HH].[HH].[HH].[HH].[HH].[HH].[HH].[HH].[HH].[HH].[HH].[HH].[HH].[HH].[HH].[HH].[HH].[HH].[HH].[HH].[HH].[HH].[HH].[HH].[HH].[HH].[HH].[HH].[HH].[HH].[HH].[HH].[HH].[HH].[HH].[HH].[HH].[HH].[HH].[HH].[HH].[HH].[HH].[HH].[HH].[HH].[HH].[HH].[HH].[HH].[HH].[HH].[HH].[HH].[HH].[HH].[HH]. The summed E-state index contributed by atoms with van der Waals surface area (Å²) < 4.78 is 81.6. The zero-order chi connectivity index (χ0) is 39.7. The Morgan fingerprint density at radius 2 is 1.66 bits per heavy atom. The zero-order valence-corrected chi connectivity index (χ0v) is 33.7. The molecule has 2 heterocycles. The second kappa shape index (κ2) is 15.5. The standard InChI is InChI=1S/C42H55F3N2O5S.182H2/c1-12-15-28(5)41(29(6)23-30-19-18-26(3)27(4)22-30)40(9,10)37(51-11)35(38(48)52-41)36(39(7,8)13-2)31-16-14-17-33(24-31)47-53(49,50)34-21-20-32(25-46-34)42(43,44)45;;;;;;;;;;;;;;;;;;;;;;;;;;;;;;;;;;;;;;;;;;;;;;;;;;;;;;;;;;;;;;;;;;;;;;;;;;;;;;;;;;;;;;;;;;;;;;;;;;;;;;;;;;;;;;;;;;;;;;;;;;;;;;;;;;;;;;;;;;;;;;;;;;;;;;;;;;;;;;;;;;;;;;;;;;;;;;;;;;;;;;/h14,16-22,24-25,28-29,36,47H,12-13,15,23H2,1-11H3;182*1H/t28?,29?,36-,41-;;;;;;;;;;;;;;;;;;;;;;;;;;;;;;;;;;;;;;;;;;;;;;;;;;;;;;;;;;;;;;;;;;;;;;;;;;;;;;;;;;;;;;;;;;;;;;;;;;;;;;;;;;;;;;;;;;;;;;;;;;;;;;;;;;;;;;;;;;;;;;;;;;;;;;;;;;;;;;;;;;;;;;;;;;;;;;;;;;;;;;/m1....................................................................................................................................................................................../s1. The highest BCUT2D eigenvalue weighted by atomic mass is 32.2. The van der Waals surface area contributed by atoms with Crippen LogP contribution in [0.4, 0.5) is 18.9 Å². The van der Waals surface area contributed by atoms with Crippen LogP contribution in [-0.4, -0.2) is 32.1 Å². The Bertz CT molecular complexity index is 2120. The van der Waals surface area contributed by atoms with Gasteiger partial charge in [-0.3, -0.25) is 4.72 Å². The molecular weight excluding hydrogens is 702 g/mol. The monoisotopic (exact) mass is 1120 g/mol. The minimum absolute atomic E-state index is 0. The Hall–Kier alpha value is -3.86. The molecule has 11 heteroatoms. The van der Waals surface area contributed by atoms with Gasteiger partial charge in [-0.2, -0.15) is 21.6 Å². The fourth-order valence-corrected chi connectivity index (χ4v) is 9.45. The molecule has 0 amide bonds. The molecule has 0 saturated carbocycles. The van der Waals surface area contributed by atoms with Crippen molar-refractivity contribution in [2.45, 2.75) is 118 Å². The number of cyclic esters (lactones) is 1. The van der Waals surface area contributed by atoms with Crippen molar-refractivity contribution in [2.24, 2.45) is 22.7 Å². The summed E-state index contributed by atoms with van der Waals surface area (Å²) in [4.78, 5) is 18.4. The van der Waals surface area contributed by atoms with Crippen LogP contribution in [0.25, 0.3) is 0 Å². The van der Waals surface area contributed by atoms with Gasteiger partial charge in [0, 0.05) is 283 Å². The van der Waals surface area contributed by atoms with Gasteiger partial charge in [-0.25, -0.2) is 9.78 Å². The van der Waals surface area contributed by atoms with E-state index in [1.807, 2.05) is 26.8 Å². The van der Waals surface area contributed by atoms with Crippen molar-refractivity contribution in [3.63, 3.8) is 0 Å². The molecule has 0 radical (unpaired) electrons. The van der Waals surface area contributed by atoms with E-state index in [2.05, 4.69) is 76.4 Å². The number of benzene rings is 2. The molecule has 7 nitrogen and oxygen atoms in total. The number of carbonyl (C=O) groups excluding carboxylic acids is 1. The lowest BCUT2D eigenvalue weighted by Crippen LogP contribution is -2.62. The Labute approximate surface area is 584 Å². The Kier molecular flexibility index (Phi) is 12.2. The number of anilines is 1. The molecule has 1 aliphatic heterocycles. The molecule has 654 valence electrons. The summed E-state index contributed by atoms with van der Waals surface area (Å²) in [7, 11) is -2.76. The number of alkyl halides is 3. The first-order valence-electron chi connectivity index (χ1n) is 18.3. The molecule has 2 unspecified atom stereocenters. The smallest absolute Gasteiger partial charge is 0.417 e. The Morgan fingerprint density at radius 1 is 0.981 bits per heavy atom. The molecule has 0 bridgehead atoms. The number of hydrogen-bond donors (Lipinski definition) is 1. The summed E-state index contributed by atoms with van der Waals surface area (Å²) in [5, 5.41) is -0.559. The van der Waals surface area contributed by atoms with Crippen LogP contribution >= 0.6 is 0 Å². The quantitative estimate of drug-likeness (QED) is 0.162. The third-order valence-corrected chi connectivity index (χ3v) is 12.9. The molecule has 4 atom stereocenters. The van der Waals surface area contributed by atoms with Gasteiger partial charge in [-0.1, -0.05) is 84.7 Å². The maximum absolute atomic E-state index is 14.8. The summed E-state index contributed by atoms with van der Waals surface area (Å²) in [5.74, 6) is -0.630. The predicted octanol–water partition coefficient (Wildman–Crippen LogP) is 55.3. The number of pyridine rings is 1. The normalized spacial score (nSPS) is 19.7. The number of nitrogens with zero attached hydrogens (tertiary/aromatic N) is 1. The lowest BCUT2D eigenvalue weighted by Gasteiger charge is -2.57. The van der Waals surface area contributed by atoms with Crippen LogP contribution in [0, 0.1) is 36.5 Å². The average Bonchev–Trinajstić information content (AvgIpc) is 3.07. The van der Waals surface area contributed by atoms with Crippen LogP contribution in [0.15, 0.2) is 77.2 Å². The van der Waals surface area contributed by atoms with Gasteiger partial charge in [0.1, 0.15) is 11.4 Å². The number of rotatable bonds is 14. The molecule has 0 fully saturated rings. The van der Waals surface area contributed by atoms with E-state index in [9.17, 15) is 26.4 Å². The van der Waals surface area contributed by atoms with Crippen molar-refractivity contribution in [3.05, 3.63) is 99.9 Å². The average molecular weight is 1120 g/mol. The third-order valence-electron chi connectivity index (χ3n) is 11.6. The fourth-order valence-electron chi connectivity index (χ4n) is 8.47. The number of sulfonamides is 1. The number of esters is 1. The van der Waals surface area contributed by atoms with Crippen LogP contribution in [0.5, 0.6) is 0 Å². The van der Waals surface area contributed by atoms with Crippen LogP contribution in [0.1, 0.15) is 368 Å². The number of aromatic nitrogens is 1. The molecule has 1 aromatic heterocycles. The Morgan fingerprint density at radius 3 is 2.21 bits per heavy atom. The van der Waals surface area contributed by atoms with Crippen LogP contribution in [0.2, 0.25) is 0 Å². The van der Waals surface area contributed by atoms with E-state index in [4.69, 9.17) is 9.47 Å². The summed E-state index contributed by atoms with van der Waals surface area (Å²) in [6.07, 6.45) is -1.09. The highest BCUT2D eigenvalue weighted by Gasteiger charge is 2.62. The minimum Gasteiger partial charge on any atom is -0.500 e. The summed E-state index contributed by atoms with van der Waals surface area (Å²) in [5.41, 5.74) is 1.47. The van der Waals surface area contributed by atoms with E-state index in [1.54, 1.807) is 25.3 Å². The van der Waals surface area contributed by atoms with Gasteiger partial charge in [0.15, 0.2) is 5.03 Å². The molecule has 4 rings (SSSR count). The number of nitrogens with one attached hydrogen (secondary N) is 1. The first kappa shape index (κ1) is 41.9. The molecule has 0 aliphatic carbocycles. The molecule has 53 heavy (non-hydrogen) atoms. The second-order valence-corrected chi connectivity index (χ2v) is 17.5. The van der Waals surface area contributed by atoms with Gasteiger partial charge >= 0.3 is 12.1 Å². The van der Waals surface area contributed by atoms with Gasteiger partial charge in [-0.15, -0.1) is 0 Å². The van der Waals surface area contributed by atoms with Gasteiger partial charge in [0.2, 0.25) is 0 Å². The van der Waals surface area contributed by atoms with Crippen molar-refractivity contribution in [2.75, 3.05) is 11.8 Å². The summed E-state index contributed by atoms with van der Waals surface area (Å²) >= 11 is 0. The molecular formula is C42H419F3N2O5S. The maximum Gasteiger partial charge on any atom is 0.417 e. The van der Waals surface area contributed by atoms with Crippen molar-refractivity contribution < 1.29 is 296 Å². The van der Waals surface area contributed by atoms with Crippen molar-refractivity contribution in [1.82, 2.24) is 4.98 Å². The number of hydrogen-bond acceptors (Lipinski definition) is 6. The van der Waals surface area contributed by atoms with E-state index < -0.39 is 55.1 Å². The number of carbonyl (C=O) groups is 1. The lowest BCUT2D eigenvalue weighted by atomic mass is 9.56. The first-order chi connectivity index (χ1) is 24.6. The molecule has 2 aromatic carbocycles. The maximum atomic E-state index is 14.8. The van der Waals surface area contributed by atoms with E-state index in [1.165, 1.54) is 16.7 Å². The third kappa shape index (κ3) is 8.15. The first-order valence-corrected chi connectivity index (χ1v) is 19.8. The van der Waals surface area contributed by atoms with E-state index in [0.717, 1.165) is 18.9 Å². The molecule has 0 spiro atoms. The fraction of sp³-hybridized carbons (Fsp3) is 0.524. The molecule has 0 saturated heterocycles. The highest BCUT2D eigenvalue weighted by Crippen LogP contribution is 2.59. The van der Waals surface area contributed by atoms with Gasteiger partial charge in [0.25, 0.3) is 10.0 Å².